The minimum absolute atomic E-state index is 0.141. The molecule has 1 aromatic rings. The second kappa shape index (κ2) is 7.83. The van der Waals surface area contributed by atoms with Gasteiger partial charge < -0.3 is 20.1 Å². The summed E-state index contributed by atoms with van der Waals surface area (Å²) in [5, 5.41) is 11.7. The minimum Gasteiger partial charge on any atom is -0.479 e. The molecule has 2 N–H and O–H groups in total. The van der Waals surface area contributed by atoms with Gasteiger partial charge in [0.15, 0.2) is 6.04 Å². The van der Waals surface area contributed by atoms with Crippen molar-refractivity contribution in [3.63, 3.8) is 0 Å². The maximum Gasteiger partial charge on any atom is 0.330 e. The van der Waals surface area contributed by atoms with Crippen LogP contribution in [0.5, 0.6) is 0 Å². The van der Waals surface area contributed by atoms with Gasteiger partial charge >= 0.3 is 11.9 Å². The van der Waals surface area contributed by atoms with Crippen molar-refractivity contribution in [2.45, 2.75) is 30.8 Å². The fraction of sp³-hybridized carbons (Fsp3) is 0.333. The normalized spacial score (nSPS) is 25.4. The first kappa shape index (κ1) is 19.0. The Balaban J connectivity index is 1.67. The molecule has 2 unspecified atom stereocenters. The summed E-state index contributed by atoms with van der Waals surface area (Å²) in [5.41, 5.74) is 1.14. The average Bonchev–Trinajstić information content (AvgIpc) is 2.64. The van der Waals surface area contributed by atoms with Crippen molar-refractivity contribution in [2.75, 3.05) is 5.75 Å². The molecule has 9 heteroatoms. The number of rotatable bonds is 5. The molecule has 0 saturated carbocycles. The van der Waals surface area contributed by atoms with Gasteiger partial charge in [-0.25, -0.2) is 4.79 Å². The molecule has 2 aliphatic heterocycles. The fourth-order valence-electron chi connectivity index (χ4n) is 3.05. The van der Waals surface area contributed by atoms with Crippen molar-refractivity contribution in [3.05, 3.63) is 47.7 Å². The Bertz CT molecular complexity index is 809. The third-order valence-corrected chi connectivity index (χ3v) is 5.60. The van der Waals surface area contributed by atoms with Crippen LogP contribution in [-0.4, -0.2) is 57.0 Å². The van der Waals surface area contributed by atoms with Crippen LogP contribution in [0.4, 0.5) is 0 Å². The molecule has 0 bridgehead atoms. The Morgan fingerprint density at radius 1 is 1.33 bits per heavy atom. The Labute approximate surface area is 159 Å². The molecule has 8 nitrogen and oxygen atoms in total. The summed E-state index contributed by atoms with van der Waals surface area (Å²) in [6, 6.07) is 7.16. The zero-order valence-corrected chi connectivity index (χ0v) is 15.3. The average molecular weight is 390 g/mol. The lowest BCUT2D eigenvalue weighted by Gasteiger charge is -2.52. The van der Waals surface area contributed by atoms with Gasteiger partial charge in [-0.2, -0.15) is 0 Å². The predicted molar refractivity (Wildman–Crippen MR) is 96.4 cm³/mol. The monoisotopic (exact) mass is 390 g/mol. The number of nitrogens with one attached hydrogen (secondary N) is 1. The number of carbonyl (C=O) groups excluding carboxylic acids is 3. The molecule has 2 aliphatic rings. The van der Waals surface area contributed by atoms with Gasteiger partial charge in [-0.3, -0.25) is 14.4 Å². The largest absolute Gasteiger partial charge is 0.479 e. The number of nitrogens with zero attached hydrogens (tertiary/aromatic N) is 1. The van der Waals surface area contributed by atoms with E-state index in [2.05, 4.69) is 5.32 Å². The number of ether oxygens (including phenoxy) is 1. The number of hydrogen-bond donors (Lipinski definition) is 2. The summed E-state index contributed by atoms with van der Waals surface area (Å²) in [7, 11) is 0. The number of carbonyl (C=O) groups is 4. The minimum atomic E-state index is -1.21. The van der Waals surface area contributed by atoms with E-state index in [1.807, 2.05) is 30.3 Å². The lowest BCUT2D eigenvalue weighted by Crippen LogP contribution is -2.74. The molecule has 2 saturated heterocycles. The van der Waals surface area contributed by atoms with Crippen LogP contribution < -0.4 is 5.32 Å². The number of benzene rings is 1. The van der Waals surface area contributed by atoms with Crippen molar-refractivity contribution >= 4 is 35.5 Å². The number of thioether (sulfide) groups is 1. The predicted octanol–water partition coefficient (Wildman–Crippen LogP) is 0.529. The van der Waals surface area contributed by atoms with Crippen molar-refractivity contribution in [1.82, 2.24) is 10.2 Å². The highest BCUT2D eigenvalue weighted by Crippen LogP contribution is 2.40. The number of carboxylic acid groups (broad SMARTS) is 1. The van der Waals surface area contributed by atoms with Crippen LogP contribution in [0.3, 0.4) is 0 Å². The molecule has 2 amide bonds. The zero-order valence-electron chi connectivity index (χ0n) is 14.5. The van der Waals surface area contributed by atoms with Crippen molar-refractivity contribution in [2.24, 2.45) is 0 Å². The standard InChI is InChI=1S/C18H18N2O6S/c1-10(21)26-8-12-9-27-17-14(16(23)20(17)15(12)18(24)25)19-13(22)7-11-5-3-2-4-6-11/h2-6,8,14-15,17H,7,9H2,1H3,(H,19,22)(H,24,25)/b12-8-/t14?,15?,17-/m1/s1. The van der Waals surface area contributed by atoms with Crippen LogP contribution in [0.15, 0.2) is 42.2 Å². The molecule has 0 radical (unpaired) electrons. The van der Waals surface area contributed by atoms with Crippen LogP contribution in [-0.2, 0) is 30.3 Å². The van der Waals surface area contributed by atoms with E-state index >= 15 is 0 Å². The van der Waals surface area contributed by atoms with Crippen molar-refractivity contribution in [3.8, 4) is 0 Å². The molecule has 3 rings (SSSR count). The van der Waals surface area contributed by atoms with Gasteiger partial charge in [0.1, 0.15) is 11.4 Å². The van der Waals surface area contributed by atoms with Gasteiger partial charge in [0, 0.05) is 18.2 Å². The first-order valence-corrected chi connectivity index (χ1v) is 9.29. The number of fused-ring (bicyclic) bond motifs is 1. The van der Waals surface area contributed by atoms with Crippen LogP contribution in [0, 0.1) is 0 Å². The van der Waals surface area contributed by atoms with Crippen molar-refractivity contribution in [1.29, 1.82) is 0 Å². The third kappa shape index (κ3) is 3.97. The van der Waals surface area contributed by atoms with Gasteiger partial charge in [0.25, 0.3) is 0 Å². The molecular formula is C18H18N2O6S. The van der Waals surface area contributed by atoms with E-state index in [0.29, 0.717) is 5.57 Å². The molecule has 0 spiro atoms. The van der Waals surface area contributed by atoms with E-state index in [1.165, 1.54) is 23.6 Å². The van der Waals surface area contributed by atoms with E-state index in [9.17, 15) is 24.3 Å². The zero-order chi connectivity index (χ0) is 19.6. The Hall–Kier alpha value is -2.81. The first-order valence-electron chi connectivity index (χ1n) is 8.24. The summed E-state index contributed by atoms with van der Waals surface area (Å²) in [6.45, 7) is 1.21. The van der Waals surface area contributed by atoms with E-state index in [-0.39, 0.29) is 18.1 Å². The highest BCUT2D eigenvalue weighted by molar-refractivity contribution is 8.00. The SMILES string of the molecule is CC(=O)O/C=C1/CS[C@@H]2C(NC(=O)Cc3ccccc3)C(=O)N2C1C(=O)O. The molecule has 0 aliphatic carbocycles. The number of β-lactam (4-membered cyclic amide) rings is 1. The van der Waals surface area contributed by atoms with Crippen LogP contribution in [0.1, 0.15) is 12.5 Å². The summed E-state index contributed by atoms with van der Waals surface area (Å²) in [5.74, 6) is -2.26. The maximum absolute atomic E-state index is 12.5. The third-order valence-electron chi connectivity index (χ3n) is 4.26. The van der Waals surface area contributed by atoms with Crippen LogP contribution >= 0.6 is 11.8 Å². The Morgan fingerprint density at radius 3 is 2.67 bits per heavy atom. The second-order valence-electron chi connectivity index (χ2n) is 6.20. The van der Waals surface area contributed by atoms with Gasteiger partial charge in [-0.05, 0) is 5.56 Å². The number of carboxylic acids is 1. The van der Waals surface area contributed by atoms with Crippen LogP contribution in [0.25, 0.3) is 0 Å². The van der Waals surface area contributed by atoms with Gasteiger partial charge in [-0.1, -0.05) is 30.3 Å². The van der Waals surface area contributed by atoms with Gasteiger partial charge in [0.2, 0.25) is 11.8 Å². The molecule has 27 heavy (non-hydrogen) atoms. The summed E-state index contributed by atoms with van der Waals surface area (Å²) < 4.78 is 4.78. The topological polar surface area (TPSA) is 113 Å². The second-order valence-corrected chi connectivity index (χ2v) is 7.30. The lowest BCUT2D eigenvalue weighted by molar-refractivity contribution is -0.160. The van der Waals surface area contributed by atoms with E-state index < -0.39 is 35.3 Å². The molecule has 2 fully saturated rings. The van der Waals surface area contributed by atoms with E-state index in [4.69, 9.17) is 4.74 Å². The summed E-state index contributed by atoms with van der Waals surface area (Å²) in [6.07, 6.45) is 1.24. The van der Waals surface area contributed by atoms with E-state index in [0.717, 1.165) is 11.8 Å². The molecule has 142 valence electrons. The Kier molecular flexibility index (Phi) is 5.50. The fourth-order valence-corrected chi connectivity index (χ4v) is 4.40. The molecule has 0 aromatic heterocycles. The number of hydrogen-bond acceptors (Lipinski definition) is 6. The molecule has 2 heterocycles. The smallest absolute Gasteiger partial charge is 0.330 e. The van der Waals surface area contributed by atoms with E-state index in [1.54, 1.807) is 0 Å². The Morgan fingerprint density at radius 2 is 2.04 bits per heavy atom. The highest BCUT2D eigenvalue weighted by atomic mass is 32.2. The summed E-state index contributed by atoms with van der Waals surface area (Å²) in [4.78, 5) is 48.5. The van der Waals surface area contributed by atoms with Crippen molar-refractivity contribution < 1.29 is 29.0 Å². The first-order chi connectivity index (χ1) is 12.9. The lowest BCUT2D eigenvalue weighted by atomic mass is 9.98. The number of esters is 1. The molecule has 1 aromatic carbocycles. The maximum atomic E-state index is 12.5. The highest BCUT2D eigenvalue weighted by Gasteiger charge is 2.56. The molecular weight excluding hydrogens is 372 g/mol. The quantitative estimate of drug-likeness (QED) is 0.428. The molecule has 3 atom stereocenters. The van der Waals surface area contributed by atoms with Crippen LogP contribution in [0.2, 0.25) is 0 Å². The van der Waals surface area contributed by atoms with Gasteiger partial charge in [-0.15, -0.1) is 11.8 Å². The van der Waals surface area contributed by atoms with Gasteiger partial charge in [0.05, 0.1) is 12.7 Å². The summed E-state index contributed by atoms with van der Waals surface area (Å²) >= 11 is 1.32. The number of aliphatic carboxylic acids is 1. The number of amides is 2.